The Bertz CT molecular complexity index is 549. The normalized spacial score (nSPS) is 12.4. The molecule has 1 atom stereocenters. The number of hydrogen-bond donors (Lipinski definition) is 1. The van der Waals surface area contributed by atoms with E-state index < -0.39 is 0 Å². The first-order valence-electron chi connectivity index (χ1n) is 6.14. The maximum absolute atomic E-state index is 6.28. The second-order valence-electron chi connectivity index (χ2n) is 4.76. The molecule has 0 bridgehead atoms. The first kappa shape index (κ1) is 13.1. The van der Waals surface area contributed by atoms with Gasteiger partial charge in [0.25, 0.3) is 0 Å². The minimum atomic E-state index is -0.00796. The standard InChI is InChI=1S/C16H18ClN/c1-11-7-8-13(15(17)9-11)10-16(18)14-6-4-3-5-12(14)2/h3-9,16H,10,18H2,1-2H3. The van der Waals surface area contributed by atoms with Gasteiger partial charge < -0.3 is 5.73 Å². The monoisotopic (exact) mass is 259 g/mol. The van der Waals surface area contributed by atoms with Gasteiger partial charge in [-0.05, 0) is 48.6 Å². The molecule has 2 aromatic rings. The molecule has 2 rings (SSSR count). The summed E-state index contributed by atoms with van der Waals surface area (Å²) in [5.41, 5.74) is 11.0. The number of aryl methyl sites for hydroxylation is 2. The highest BCUT2D eigenvalue weighted by molar-refractivity contribution is 6.31. The molecule has 0 saturated heterocycles. The fourth-order valence-corrected chi connectivity index (χ4v) is 2.48. The van der Waals surface area contributed by atoms with Crippen molar-refractivity contribution in [3.05, 3.63) is 69.7 Å². The van der Waals surface area contributed by atoms with Gasteiger partial charge in [-0.3, -0.25) is 0 Å². The van der Waals surface area contributed by atoms with E-state index in [9.17, 15) is 0 Å². The van der Waals surface area contributed by atoms with Crippen LogP contribution in [0.15, 0.2) is 42.5 Å². The van der Waals surface area contributed by atoms with Gasteiger partial charge >= 0.3 is 0 Å². The second kappa shape index (κ2) is 5.55. The van der Waals surface area contributed by atoms with Crippen LogP contribution in [0.25, 0.3) is 0 Å². The van der Waals surface area contributed by atoms with Crippen LogP contribution in [-0.4, -0.2) is 0 Å². The van der Waals surface area contributed by atoms with E-state index in [1.807, 2.05) is 25.1 Å². The lowest BCUT2D eigenvalue weighted by atomic mass is 9.96. The first-order valence-corrected chi connectivity index (χ1v) is 6.52. The number of benzene rings is 2. The molecule has 0 saturated carbocycles. The lowest BCUT2D eigenvalue weighted by molar-refractivity contribution is 0.716. The predicted octanol–water partition coefficient (Wildman–Crippen LogP) is 4.20. The Labute approximate surface area is 114 Å². The zero-order valence-electron chi connectivity index (χ0n) is 10.8. The lowest BCUT2D eigenvalue weighted by Crippen LogP contribution is -2.14. The molecule has 0 aliphatic carbocycles. The van der Waals surface area contributed by atoms with Gasteiger partial charge in [-0.2, -0.15) is 0 Å². The van der Waals surface area contributed by atoms with E-state index in [-0.39, 0.29) is 6.04 Å². The van der Waals surface area contributed by atoms with Gasteiger partial charge in [-0.15, -0.1) is 0 Å². The van der Waals surface area contributed by atoms with Crippen molar-refractivity contribution in [2.45, 2.75) is 26.3 Å². The molecule has 0 aliphatic heterocycles. The van der Waals surface area contributed by atoms with Crippen LogP contribution in [0.1, 0.15) is 28.3 Å². The summed E-state index contributed by atoms with van der Waals surface area (Å²) in [6.45, 7) is 4.13. The molecule has 1 unspecified atom stereocenters. The third-order valence-corrected chi connectivity index (χ3v) is 3.59. The zero-order valence-corrected chi connectivity index (χ0v) is 11.5. The highest BCUT2D eigenvalue weighted by Gasteiger charge is 2.11. The summed E-state index contributed by atoms with van der Waals surface area (Å²) in [5, 5.41) is 0.805. The number of halogens is 1. The van der Waals surface area contributed by atoms with Gasteiger partial charge in [0.2, 0.25) is 0 Å². The third-order valence-electron chi connectivity index (χ3n) is 3.24. The molecule has 1 nitrogen and oxygen atoms in total. The van der Waals surface area contributed by atoms with E-state index in [1.54, 1.807) is 0 Å². The minimum Gasteiger partial charge on any atom is -0.324 e. The fraction of sp³-hybridized carbons (Fsp3) is 0.250. The van der Waals surface area contributed by atoms with E-state index in [0.717, 1.165) is 17.0 Å². The minimum absolute atomic E-state index is 0.00796. The molecular formula is C16H18ClN. The second-order valence-corrected chi connectivity index (χ2v) is 5.17. The van der Waals surface area contributed by atoms with Gasteiger partial charge in [0.1, 0.15) is 0 Å². The summed E-state index contributed by atoms with van der Waals surface area (Å²) < 4.78 is 0. The predicted molar refractivity (Wildman–Crippen MR) is 78.0 cm³/mol. The van der Waals surface area contributed by atoms with E-state index in [2.05, 4.69) is 31.2 Å². The molecule has 2 aromatic carbocycles. The zero-order chi connectivity index (χ0) is 13.1. The Hall–Kier alpha value is -1.31. The van der Waals surface area contributed by atoms with Crippen LogP contribution in [0.2, 0.25) is 5.02 Å². The Morgan fingerprint density at radius 3 is 2.50 bits per heavy atom. The Morgan fingerprint density at radius 1 is 1.11 bits per heavy atom. The van der Waals surface area contributed by atoms with Crippen molar-refractivity contribution >= 4 is 11.6 Å². The SMILES string of the molecule is Cc1ccc(CC(N)c2ccccc2C)c(Cl)c1. The summed E-state index contributed by atoms with van der Waals surface area (Å²) in [6.07, 6.45) is 0.768. The summed E-state index contributed by atoms with van der Waals surface area (Å²) in [6, 6.07) is 14.4. The van der Waals surface area contributed by atoms with Gasteiger partial charge in [-0.1, -0.05) is 48.0 Å². The van der Waals surface area contributed by atoms with Crippen molar-refractivity contribution in [2.75, 3.05) is 0 Å². The number of rotatable bonds is 3. The van der Waals surface area contributed by atoms with Crippen LogP contribution in [0.4, 0.5) is 0 Å². The van der Waals surface area contributed by atoms with Crippen molar-refractivity contribution in [3.63, 3.8) is 0 Å². The van der Waals surface area contributed by atoms with Crippen LogP contribution >= 0.6 is 11.6 Å². The fourth-order valence-electron chi connectivity index (χ4n) is 2.17. The number of hydrogen-bond acceptors (Lipinski definition) is 1. The molecule has 0 fully saturated rings. The lowest BCUT2D eigenvalue weighted by Gasteiger charge is -2.15. The summed E-state index contributed by atoms with van der Waals surface area (Å²) in [4.78, 5) is 0. The van der Waals surface area contributed by atoms with E-state index >= 15 is 0 Å². The van der Waals surface area contributed by atoms with Crippen molar-refractivity contribution in [3.8, 4) is 0 Å². The van der Waals surface area contributed by atoms with Crippen LogP contribution in [0.3, 0.4) is 0 Å². The summed E-state index contributed by atoms with van der Waals surface area (Å²) in [7, 11) is 0. The maximum Gasteiger partial charge on any atom is 0.0441 e. The van der Waals surface area contributed by atoms with Crippen molar-refractivity contribution in [2.24, 2.45) is 5.73 Å². The van der Waals surface area contributed by atoms with E-state index in [4.69, 9.17) is 17.3 Å². The van der Waals surface area contributed by atoms with Crippen LogP contribution < -0.4 is 5.73 Å². The molecule has 2 heteroatoms. The largest absolute Gasteiger partial charge is 0.324 e. The molecule has 0 aliphatic rings. The van der Waals surface area contributed by atoms with Crippen LogP contribution in [-0.2, 0) is 6.42 Å². The molecular weight excluding hydrogens is 242 g/mol. The highest BCUT2D eigenvalue weighted by Crippen LogP contribution is 2.24. The molecule has 0 heterocycles. The summed E-state index contributed by atoms with van der Waals surface area (Å²) >= 11 is 6.25. The molecule has 18 heavy (non-hydrogen) atoms. The van der Waals surface area contributed by atoms with Crippen LogP contribution in [0, 0.1) is 13.8 Å². The quantitative estimate of drug-likeness (QED) is 0.878. The van der Waals surface area contributed by atoms with Crippen LogP contribution in [0.5, 0.6) is 0 Å². The average molecular weight is 260 g/mol. The Balaban J connectivity index is 2.21. The van der Waals surface area contributed by atoms with E-state index in [1.165, 1.54) is 16.7 Å². The molecule has 94 valence electrons. The van der Waals surface area contributed by atoms with E-state index in [0.29, 0.717) is 0 Å². The molecule has 0 amide bonds. The highest BCUT2D eigenvalue weighted by atomic mass is 35.5. The molecule has 0 aromatic heterocycles. The van der Waals surface area contributed by atoms with Gasteiger partial charge in [-0.25, -0.2) is 0 Å². The van der Waals surface area contributed by atoms with Crippen molar-refractivity contribution < 1.29 is 0 Å². The smallest absolute Gasteiger partial charge is 0.0441 e. The molecule has 0 spiro atoms. The van der Waals surface area contributed by atoms with Crippen molar-refractivity contribution in [1.29, 1.82) is 0 Å². The van der Waals surface area contributed by atoms with Gasteiger partial charge in [0.05, 0.1) is 0 Å². The molecule has 0 radical (unpaired) electrons. The van der Waals surface area contributed by atoms with Gasteiger partial charge in [0.15, 0.2) is 0 Å². The maximum atomic E-state index is 6.28. The third kappa shape index (κ3) is 2.92. The van der Waals surface area contributed by atoms with Gasteiger partial charge in [0, 0.05) is 11.1 Å². The van der Waals surface area contributed by atoms with Crippen molar-refractivity contribution in [1.82, 2.24) is 0 Å². The topological polar surface area (TPSA) is 26.0 Å². The molecule has 2 N–H and O–H groups in total. The average Bonchev–Trinajstić information content (AvgIpc) is 2.33. The summed E-state index contributed by atoms with van der Waals surface area (Å²) in [5.74, 6) is 0. The Morgan fingerprint density at radius 2 is 1.83 bits per heavy atom. The Kier molecular flexibility index (Phi) is 4.05. The number of nitrogens with two attached hydrogens (primary N) is 1. The first-order chi connectivity index (χ1) is 8.58.